The molecular formula is C13H15F3N4O2. The van der Waals surface area contributed by atoms with Crippen molar-refractivity contribution >= 4 is 17.7 Å². The first-order valence-electron chi connectivity index (χ1n) is 6.12. The van der Waals surface area contributed by atoms with Gasteiger partial charge in [0.05, 0.1) is 12.7 Å². The summed E-state index contributed by atoms with van der Waals surface area (Å²) in [5.41, 5.74) is -0.926. The van der Waals surface area contributed by atoms with Crippen molar-refractivity contribution in [3.63, 3.8) is 0 Å². The predicted molar refractivity (Wildman–Crippen MR) is 74.7 cm³/mol. The van der Waals surface area contributed by atoms with E-state index in [9.17, 15) is 18.0 Å². The number of rotatable bonds is 5. The lowest BCUT2D eigenvalue weighted by molar-refractivity contribution is -0.137. The fourth-order valence-corrected chi connectivity index (χ4v) is 1.53. The number of amides is 2. The molecule has 2 amide bonds. The molecule has 0 aliphatic carbocycles. The molecule has 0 fully saturated rings. The number of anilines is 1. The Labute approximate surface area is 124 Å². The van der Waals surface area contributed by atoms with E-state index in [1.54, 1.807) is 0 Å². The maximum Gasteiger partial charge on any atom is 0.416 e. The highest BCUT2D eigenvalue weighted by Crippen LogP contribution is 2.29. The molecule has 1 aromatic rings. The number of carbonyl (C=O) groups excluding carboxylic acids is 1. The van der Waals surface area contributed by atoms with Gasteiger partial charge in [-0.3, -0.25) is 10.7 Å². The van der Waals surface area contributed by atoms with Gasteiger partial charge in [0.15, 0.2) is 0 Å². The van der Waals surface area contributed by atoms with E-state index in [0.29, 0.717) is 6.07 Å². The third-order valence-electron chi connectivity index (χ3n) is 2.57. The van der Waals surface area contributed by atoms with E-state index in [-0.39, 0.29) is 18.1 Å². The zero-order valence-electron chi connectivity index (χ0n) is 11.7. The quantitative estimate of drug-likeness (QED) is 0.443. The lowest BCUT2D eigenvalue weighted by Crippen LogP contribution is -2.43. The molecule has 0 spiro atoms. The Kier molecular flexibility index (Phi) is 5.90. The highest BCUT2D eigenvalue weighted by atomic mass is 19.4. The number of hydrogen-bond acceptors (Lipinski definition) is 4. The minimum Gasteiger partial charge on any atom is -0.483 e. The molecule has 0 radical (unpaired) electrons. The Morgan fingerprint density at radius 1 is 1.59 bits per heavy atom. The van der Waals surface area contributed by atoms with E-state index in [4.69, 9.17) is 10.1 Å². The molecule has 0 aliphatic heterocycles. The van der Waals surface area contributed by atoms with Crippen molar-refractivity contribution in [1.82, 2.24) is 10.3 Å². The Hall–Kier alpha value is -2.58. The molecule has 1 aromatic heterocycles. The Morgan fingerprint density at radius 2 is 2.27 bits per heavy atom. The van der Waals surface area contributed by atoms with Crippen molar-refractivity contribution in [1.29, 1.82) is 5.41 Å². The number of halogens is 3. The minimum atomic E-state index is -4.53. The second-order valence-electron chi connectivity index (χ2n) is 4.17. The topological polar surface area (TPSA) is 87.1 Å². The molecule has 1 rings (SSSR count). The summed E-state index contributed by atoms with van der Waals surface area (Å²) in [6, 6.07) is -0.0673. The van der Waals surface area contributed by atoms with Crippen LogP contribution in [0.3, 0.4) is 0 Å². The fraction of sp³-hybridized carbons (Fsp3) is 0.308. The maximum absolute atomic E-state index is 12.6. The molecule has 1 atom stereocenters. The van der Waals surface area contributed by atoms with E-state index in [0.717, 1.165) is 12.3 Å². The minimum absolute atomic E-state index is 0.202. The van der Waals surface area contributed by atoms with E-state index in [2.05, 4.69) is 22.2 Å². The number of carbonyl (C=O) groups is 1. The second kappa shape index (κ2) is 7.43. The number of aromatic nitrogens is 1. The number of alkyl halides is 3. The van der Waals surface area contributed by atoms with Crippen LogP contribution in [-0.2, 0) is 10.9 Å². The van der Waals surface area contributed by atoms with Crippen LogP contribution in [0.4, 0.5) is 23.8 Å². The van der Waals surface area contributed by atoms with Crippen molar-refractivity contribution in [3.05, 3.63) is 36.5 Å². The smallest absolute Gasteiger partial charge is 0.416 e. The van der Waals surface area contributed by atoms with Gasteiger partial charge in [-0.25, -0.2) is 9.78 Å². The molecule has 0 aliphatic rings. The molecule has 1 heterocycles. The first kappa shape index (κ1) is 17.5. The van der Waals surface area contributed by atoms with Crippen LogP contribution >= 0.6 is 0 Å². The van der Waals surface area contributed by atoms with E-state index in [1.807, 2.05) is 0 Å². The zero-order valence-corrected chi connectivity index (χ0v) is 11.7. The highest BCUT2D eigenvalue weighted by Gasteiger charge is 2.30. The lowest BCUT2D eigenvalue weighted by atomic mass is 10.2. The van der Waals surface area contributed by atoms with Crippen LogP contribution in [0.5, 0.6) is 0 Å². The van der Waals surface area contributed by atoms with Gasteiger partial charge in [0.25, 0.3) is 0 Å². The first-order valence-corrected chi connectivity index (χ1v) is 6.12. The lowest BCUT2D eigenvalue weighted by Gasteiger charge is -2.17. The number of hydrogen-bond donors (Lipinski definition) is 3. The van der Waals surface area contributed by atoms with Gasteiger partial charge in [-0.05, 0) is 18.6 Å². The van der Waals surface area contributed by atoms with Gasteiger partial charge >= 0.3 is 12.2 Å². The van der Waals surface area contributed by atoms with Crippen molar-refractivity contribution < 1.29 is 22.7 Å². The van der Waals surface area contributed by atoms with E-state index in [1.165, 1.54) is 13.2 Å². The summed E-state index contributed by atoms with van der Waals surface area (Å²) < 4.78 is 42.4. The molecule has 0 bridgehead atoms. The zero-order chi connectivity index (χ0) is 16.8. The number of pyridine rings is 1. The summed E-state index contributed by atoms with van der Waals surface area (Å²) in [6.45, 7) is 3.49. The van der Waals surface area contributed by atoms with Gasteiger partial charge in [-0.2, -0.15) is 13.2 Å². The molecule has 0 saturated carbocycles. The summed E-state index contributed by atoms with van der Waals surface area (Å²) in [4.78, 5) is 15.4. The third-order valence-corrected chi connectivity index (χ3v) is 2.57. The van der Waals surface area contributed by atoms with Gasteiger partial charge in [-0.15, -0.1) is 6.58 Å². The first-order chi connectivity index (χ1) is 10.3. The summed E-state index contributed by atoms with van der Waals surface area (Å²) in [7, 11) is 1.27. The largest absolute Gasteiger partial charge is 0.483 e. The van der Waals surface area contributed by atoms with Gasteiger partial charge in [0.1, 0.15) is 11.9 Å². The van der Waals surface area contributed by atoms with Gasteiger partial charge < -0.3 is 10.1 Å². The Balaban J connectivity index is 2.76. The molecule has 3 N–H and O–H groups in total. The standard InChI is InChI=1S/C13H15F3N4O2/c1-3-4-9(11(17)22-2)19-12(21)20-10-7-8(5-6-18-10)13(14,15)16/h3,5-7,9,17H,1,4H2,2H3,(H2,18,19,20,21). The van der Waals surface area contributed by atoms with Crippen molar-refractivity contribution in [2.24, 2.45) is 0 Å². The number of nitrogens with zero attached hydrogens (tertiary/aromatic N) is 1. The maximum atomic E-state index is 12.6. The van der Waals surface area contributed by atoms with Crippen LogP contribution < -0.4 is 10.6 Å². The predicted octanol–water partition coefficient (Wildman–Crippen LogP) is 2.79. The van der Waals surface area contributed by atoms with Crippen LogP contribution in [0.1, 0.15) is 12.0 Å². The summed E-state index contributed by atoms with van der Waals surface area (Å²) in [6.07, 6.45) is -1.88. The molecule has 0 aromatic carbocycles. The number of methoxy groups -OCH3 is 1. The summed E-state index contributed by atoms with van der Waals surface area (Å²) in [5.74, 6) is -0.458. The number of ether oxygens (including phenoxy) is 1. The Morgan fingerprint density at radius 3 is 2.82 bits per heavy atom. The fourth-order valence-electron chi connectivity index (χ4n) is 1.53. The van der Waals surface area contributed by atoms with Gasteiger partial charge in [0.2, 0.25) is 5.90 Å². The molecule has 6 nitrogen and oxygen atoms in total. The van der Waals surface area contributed by atoms with Crippen LogP contribution in [0.25, 0.3) is 0 Å². The van der Waals surface area contributed by atoms with Crippen LogP contribution in [0.15, 0.2) is 31.0 Å². The van der Waals surface area contributed by atoms with Crippen LogP contribution in [0.2, 0.25) is 0 Å². The molecule has 9 heteroatoms. The molecule has 22 heavy (non-hydrogen) atoms. The van der Waals surface area contributed by atoms with Crippen LogP contribution in [0, 0.1) is 5.41 Å². The van der Waals surface area contributed by atoms with Crippen molar-refractivity contribution in [2.45, 2.75) is 18.6 Å². The van der Waals surface area contributed by atoms with E-state index >= 15 is 0 Å². The van der Waals surface area contributed by atoms with Crippen LogP contribution in [-0.4, -0.2) is 30.1 Å². The van der Waals surface area contributed by atoms with Crippen molar-refractivity contribution in [3.8, 4) is 0 Å². The third kappa shape index (κ3) is 5.08. The number of urea groups is 1. The number of nitrogens with one attached hydrogen (secondary N) is 3. The van der Waals surface area contributed by atoms with E-state index < -0.39 is 23.8 Å². The average molecular weight is 316 g/mol. The summed E-state index contributed by atoms with van der Waals surface area (Å²) >= 11 is 0. The highest BCUT2D eigenvalue weighted by molar-refractivity contribution is 5.92. The molecule has 120 valence electrons. The molecule has 1 unspecified atom stereocenters. The van der Waals surface area contributed by atoms with Gasteiger partial charge in [-0.1, -0.05) is 6.08 Å². The molecule has 0 saturated heterocycles. The Bertz CT molecular complexity index is 560. The SMILES string of the molecule is C=CCC(NC(=O)Nc1cc(C(F)(F)F)ccn1)C(=N)OC. The average Bonchev–Trinajstić information content (AvgIpc) is 2.45. The molecular weight excluding hydrogens is 301 g/mol. The second-order valence-corrected chi connectivity index (χ2v) is 4.17. The summed E-state index contributed by atoms with van der Waals surface area (Å²) in [5, 5.41) is 12.1. The monoisotopic (exact) mass is 316 g/mol. The normalized spacial score (nSPS) is 12.2. The van der Waals surface area contributed by atoms with Crippen molar-refractivity contribution in [2.75, 3.05) is 12.4 Å². The van der Waals surface area contributed by atoms with Gasteiger partial charge in [0, 0.05) is 6.20 Å².